The third-order valence-electron chi connectivity index (χ3n) is 5.67. The Morgan fingerprint density at radius 2 is 1.79 bits per heavy atom. The van der Waals surface area contributed by atoms with Gasteiger partial charge in [-0.25, -0.2) is 0 Å². The van der Waals surface area contributed by atoms with Crippen LogP contribution in [0, 0.1) is 23.7 Å². The van der Waals surface area contributed by atoms with Crippen LogP contribution in [-0.4, -0.2) is 24.1 Å². The maximum Gasteiger partial charge on any atom is 0.314 e. The van der Waals surface area contributed by atoms with Gasteiger partial charge in [-0.3, -0.25) is 9.59 Å². The second-order valence-corrected chi connectivity index (χ2v) is 7.19. The zero-order chi connectivity index (χ0) is 16.8. The van der Waals surface area contributed by atoms with E-state index in [1.807, 2.05) is 13.8 Å². The molecule has 3 fully saturated rings. The van der Waals surface area contributed by atoms with Gasteiger partial charge < -0.3 is 14.2 Å². The van der Waals surface area contributed by atoms with Gasteiger partial charge in [0.25, 0.3) is 0 Å². The first-order chi connectivity index (χ1) is 11.6. The van der Waals surface area contributed by atoms with E-state index in [4.69, 9.17) is 14.2 Å². The predicted octanol–water partition coefficient (Wildman–Crippen LogP) is 2.97. The highest BCUT2D eigenvalue weighted by Crippen LogP contribution is 2.59. The fraction of sp³-hybridized carbons (Fsp3) is 0.579. The summed E-state index contributed by atoms with van der Waals surface area (Å²) >= 11 is 0. The molecule has 1 saturated heterocycles. The Morgan fingerprint density at radius 1 is 1.12 bits per heavy atom. The molecule has 1 heterocycles. The molecular weight excluding hydrogens is 308 g/mol. The molecule has 2 aliphatic carbocycles. The van der Waals surface area contributed by atoms with Crippen molar-refractivity contribution in [3.8, 4) is 11.5 Å². The van der Waals surface area contributed by atoms with E-state index in [0.29, 0.717) is 35.5 Å². The molecule has 3 aliphatic rings. The molecule has 1 aliphatic heterocycles. The zero-order valence-corrected chi connectivity index (χ0v) is 13.9. The minimum absolute atomic E-state index is 0.0401. The summed E-state index contributed by atoms with van der Waals surface area (Å²) in [6.45, 7) is 3.78. The number of hydrogen-bond donors (Lipinski definition) is 0. The number of rotatable bonds is 5. The summed E-state index contributed by atoms with van der Waals surface area (Å²) in [6, 6.07) is 6.65. The lowest BCUT2D eigenvalue weighted by atomic mass is 9.89. The quantitative estimate of drug-likeness (QED) is 0.472. The molecule has 0 radical (unpaired) electrons. The summed E-state index contributed by atoms with van der Waals surface area (Å²) in [5.41, 5.74) is 0. The molecule has 24 heavy (non-hydrogen) atoms. The van der Waals surface area contributed by atoms with Gasteiger partial charge in [0.2, 0.25) is 0 Å². The summed E-state index contributed by atoms with van der Waals surface area (Å²) in [4.78, 5) is 24.2. The summed E-state index contributed by atoms with van der Waals surface area (Å²) in [7, 11) is 0. The molecule has 0 amide bonds. The molecule has 5 heteroatoms. The molecule has 128 valence electrons. The van der Waals surface area contributed by atoms with Gasteiger partial charge in [0.05, 0.1) is 24.0 Å². The maximum atomic E-state index is 12.4. The Morgan fingerprint density at radius 3 is 2.38 bits per heavy atom. The Labute approximate surface area is 141 Å². The summed E-state index contributed by atoms with van der Waals surface area (Å²) < 4.78 is 16.4. The molecule has 0 spiro atoms. The highest BCUT2D eigenvalue weighted by molar-refractivity contribution is 5.77. The van der Waals surface area contributed by atoms with E-state index in [1.165, 1.54) is 0 Å². The van der Waals surface area contributed by atoms with Gasteiger partial charge in [-0.05, 0) is 49.4 Å². The molecule has 1 aromatic rings. The summed E-state index contributed by atoms with van der Waals surface area (Å²) in [5.74, 6) is 1.25. The maximum absolute atomic E-state index is 12.4. The Bertz CT molecular complexity index is 652. The largest absolute Gasteiger partial charge is 0.426 e. The van der Waals surface area contributed by atoms with E-state index in [9.17, 15) is 9.59 Å². The first-order valence-corrected chi connectivity index (χ1v) is 8.75. The minimum atomic E-state index is -0.247. The molecule has 0 N–H and O–H groups in total. The van der Waals surface area contributed by atoms with E-state index in [-0.39, 0.29) is 23.8 Å². The molecular formula is C19H22O5. The van der Waals surface area contributed by atoms with Crippen molar-refractivity contribution in [2.45, 2.75) is 45.3 Å². The van der Waals surface area contributed by atoms with Crippen molar-refractivity contribution in [2.24, 2.45) is 23.7 Å². The van der Waals surface area contributed by atoms with Crippen molar-refractivity contribution >= 4 is 11.9 Å². The number of carbonyl (C=O) groups is 2. The van der Waals surface area contributed by atoms with Crippen molar-refractivity contribution in [3.63, 3.8) is 0 Å². The highest BCUT2D eigenvalue weighted by Gasteiger charge is 2.64. The van der Waals surface area contributed by atoms with Crippen LogP contribution in [0.1, 0.15) is 33.1 Å². The standard InChI is InChI=1S/C19H22O5/c1-3-10(2)18(20)22-12-4-6-13(7-5-12)23-19(21)15-9-11-8-14(15)17-16(11)24-17/h4-7,10-11,14-17H,3,8-9H2,1-2H3. The normalized spacial score (nSPS) is 33.7. The lowest BCUT2D eigenvalue weighted by Gasteiger charge is -2.17. The molecule has 1 aromatic carbocycles. The summed E-state index contributed by atoms with van der Waals surface area (Å²) in [5, 5.41) is 0. The second kappa shape index (κ2) is 5.88. The third kappa shape index (κ3) is 2.71. The van der Waals surface area contributed by atoms with E-state index in [1.54, 1.807) is 24.3 Å². The van der Waals surface area contributed by atoms with Gasteiger partial charge in [-0.1, -0.05) is 13.8 Å². The Kier molecular flexibility index (Phi) is 3.83. The van der Waals surface area contributed by atoms with Crippen molar-refractivity contribution in [1.82, 2.24) is 0 Å². The SMILES string of the molecule is CCC(C)C(=O)Oc1ccc(OC(=O)C2CC3CC2C2OC32)cc1. The monoisotopic (exact) mass is 330 g/mol. The molecule has 2 bridgehead atoms. The van der Waals surface area contributed by atoms with E-state index >= 15 is 0 Å². The van der Waals surface area contributed by atoms with Crippen LogP contribution >= 0.6 is 0 Å². The fourth-order valence-corrected chi connectivity index (χ4v) is 4.02. The van der Waals surface area contributed by atoms with Gasteiger partial charge in [0.1, 0.15) is 11.5 Å². The van der Waals surface area contributed by atoms with Crippen LogP contribution in [0.25, 0.3) is 0 Å². The van der Waals surface area contributed by atoms with Crippen molar-refractivity contribution in [2.75, 3.05) is 0 Å². The zero-order valence-electron chi connectivity index (χ0n) is 13.9. The fourth-order valence-electron chi connectivity index (χ4n) is 4.02. The molecule has 5 nitrogen and oxygen atoms in total. The van der Waals surface area contributed by atoms with Crippen LogP contribution in [0.5, 0.6) is 11.5 Å². The van der Waals surface area contributed by atoms with Crippen LogP contribution in [0.4, 0.5) is 0 Å². The van der Waals surface area contributed by atoms with Crippen molar-refractivity contribution in [3.05, 3.63) is 24.3 Å². The average molecular weight is 330 g/mol. The molecule has 6 atom stereocenters. The van der Waals surface area contributed by atoms with Gasteiger partial charge >= 0.3 is 11.9 Å². The van der Waals surface area contributed by atoms with Crippen LogP contribution in [0.3, 0.4) is 0 Å². The average Bonchev–Trinajstić information content (AvgIpc) is 3.19. The highest BCUT2D eigenvalue weighted by atomic mass is 16.6. The number of benzene rings is 1. The Hall–Kier alpha value is -1.88. The number of fused-ring (bicyclic) bond motifs is 5. The molecule has 0 aromatic heterocycles. The van der Waals surface area contributed by atoms with Gasteiger partial charge in [0.15, 0.2) is 0 Å². The first kappa shape index (κ1) is 15.6. The smallest absolute Gasteiger partial charge is 0.314 e. The van der Waals surface area contributed by atoms with Crippen LogP contribution in [0.15, 0.2) is 24.3 Å². The minimum Gasteiger partial charge on any atom is -0.426 e. The molecule has 4 rings (SSSR count). The molecule has 6 unspecified atom stereocenters. The Balaban J connectivity index is 1.34. The lowest BCUT2D eigenvalue weighted by Crippen LogP contribution is -2.29. The van der Waals surface area contributed by atoms with Gasteiger partial charge in [0, 0.05) is 5.92 Å². The van der Waals surface area contributed by atoms with Crippen LogP contribution < -0.4 is 9.47 Å². The van der Waals surface area contributed by atoms with Crippen LogP contribution in [-0.2, 0) is 14.3 Å². The number of ether oxygens (including phenoxy) is 3. The topological polar surface area (TPSA) is 65.1 Å². The first-order valence-electron chi connectivity index (χ1n) is 8.75. The number of epoxide rings is 1. The van der Waals surface area contributed by atoms with Crippen molar-refractivity contribution in [1.29, 1.82) is 0 Å². The van der Waals surface area contributed by atoms with Gasteiger partial charge in [-0.15, -0.1) is 0 Å². The van der Waals surface area contributed by atoms with E-state index in [2.05, 4.69) is 0 Å². The molecule has 2 saturated carbocycles. The van der Waals surface area contributed by atoms with E-state index < -0.39 is 0 Å². The van der Waals surface area contributed by atoms with Crippen LogP contribution in [0.2, 0.25) is 0 Å². The third-order valence-corrected chi connectivity index (χ3v) is 5.67. The number of hydrogen-bond acceptors (Lipinski definition) is 5. The summed E-state index contributed by atoms with van der Waals surface area (Å²) in [6.07, 6.45) is 3.43. The van der Waals surface area contributed by atoms with Gasteiger partial charge in [-0.2, -0.15) is 0 Å². The van der Waals surface area contributed by atoms with Crippen molar-refractivity contribution < 1.29 is 23.8 Å². The van der Waals surface area contributed by atoms with E-state index in [0.717, 1.165) is 19.3 Å². The number of esters is 2. The lowest BCUT2D eigenvalue weighted by molar-refractivity contribution is -0.141. The number of carbonyl (C=O) groups excluding carboxylic acids is 2. The predicted molar refractivity (Wildman–Crippen MR) is 85.5 cm³/mol. The second-order valence-electron chi connectivity index (χ2n) is 7.19.